The maximum atomic E-state index is 11.1. The van der Waals surface area contributed by atoms with Crippen molar-refractivity contribution in [2.45, 2.75) is 20.5 Å². The highest BCUT2D eigenvalue weighted by Gasteiger charge is 2.13. The van der Waals surface area contributed by atoms with E-state index in [4.69, 9.17) is 9.47 Å². The summed E-state index contributed by atoms with van der Waals surface area (Å²) in [6.45, 7) is 4.74. The van der Waals surface area contributed by atoms with E-state index in [9.17, 15) is 15.4 Å². The Balaban J connectivity index is 1.94. The quantitative estimate of drug-likeness (QED) is 0.151. The Hall–Kier alpha value is -3.63. The summed E-state index contributed by atoms with van der Waals surface area (Å²) >= 11 is 3.54. The van der Waals surface area contributed by atoms with E-state index < -0.39 is 4.92 Å². The minimum atomic E-state index is -0.484. The zero-order chi connectivity index (χ0) is 23.1. The molecule has 162 valence electrons. The summed E-state index contributed by atoms with van der Waals surface area (Å²) in [5.74, 6) is 1.12. The smallest absolute Gasteiger partial charge is 0.270 e. The lowest BCUT2D eigenvalue weighted by molar-refractivity contribution is -0.384. The second-order valence-corrected chi connectivity index (χ2v) is 7.86. The van der Waals surface area contributed by atoms with Crippen LogP contribution in [-0.2, 0) is 6.61 Å². The van der Waals surface area contributed by atoms with Crippen LogP contribution in [0, 0.1) is 28.4 Å². The fourth-order valence-electron chi connectivity index (χ4n) is 3.13. The summed E-state index contributed by atoms with van der Waals surface area (Å²) in [5.41, 5.74) is 3.58. The molecule has 0 amide bonds. The van der Waals surface area contributed by atoms with Gasteiger partial charge in [0.1, 0.15) is 6.61 Å². The number of nitro benzene ring substituents is 1. The number of benzene rings is 3. The molecule has 6 nitrogen and oxygen atoms in total. The number of halogens is 1. The van der Waals surface area contributed by atoms with Crippen molar-refractivity contribution in [2.24, 2.45) is 0 Å². The van der Waals surface area contributed by atoms with Crippen LogP contribution in [0.1, 0.15) is 29.2 Å². The van der Waals surface area contributed by atoms with Crippen LogP contribution in [0.4, 0.5) is 5.69 Å². The van der Waals surface area contributed by atoms with Gasteiger partial charge in [0.15, 0.2) is 11.5 Å². The summed E-state index contributed by atoms with van der Waals surface area (Å²) in [6.07, 6.45) is 1.66. The Labute approximate surface area is 195 Å². The monoisotopic (exact) mass is 492 g/mol. The van der Waals surface area contributed by atoms with E-state index in [1.807, 2.05) is 32.0 Å². The van der Waals surface area contributed by atoms with Gasteiger partial charge < -0.3 is 9.47 Å². The lowest BCUT2D eigenvalue weighted by Crippen LogP contribution is -2.01. The molecule has 3 rings (SSSR count). The highest BCUT2D eigenvalue weighted by molar-refractivity contribution is 9.10. The van der Waals surface area contributed by atoms with Crippen molar-refractivity contribution in [3.8, 4) is 17.6 Å². The third-order valence-electron chi connectivity index (χ3n) is 4.63. The highest BCUT2D eigenvalue weighted by atomic mass is 79.9. The van der Waals surface area contributed by atoms with Gasteiger partial charge in [-0.2, -0.15) is 5.26 Å². The van der Waals surface area contributed by atoms with Crippen molar-refractivity contribution in [1.29, 1.82) is 5.26 Å². The number of nitriles is 1. The Kier molecular flexibility index (Phi) is 7.63. The van der Waals surface area contributed by atoms with Gasteiger partial charge in [-0.3, -0.25) is 10.1 Å². The number of non-ortho nitro benzene ring substituents is 1. The van der Waals surface area contributed by atoms with Gasteiger partial charge in [-0.1, -0.05) is 57.9 Å². The fraction of sp³-hybridized carbons (Fsp3) is 0.160. The summed E-state index contributed by atoms with van der Waals surface area (Å²) in [6, 6.07) is 19.8. The maximum absolute atomic E-state index is 11.1. The van der Waals surface area contributed by atoms with E-state index in [2.05, 4.69) is 28.1 Å². The van der Waals surface area contributed by atoms with Crippen LogP contribution in [-0.4, -0.2) is 11.5 Å². The summed E-state index contributed by atoms with van der Waals surface area (Å²) in [5, 5.41) is 20.7. The molecule has 3 aromatic rings. The molecule has 3 aromatic carbocycles. The predicted octanol–water partition coefficient (Wildman–Crippen LogP) is 6.71. The molecular formula is C25H21BrN2O4. The third kappa shape index (κ3) is 5.74. The number of hydrogen-bond donors (Lipinski definition) is 0. The van der Waals surface area contributed by atoms with Crippen molar-refractivity contribution < 1.29 is 14.4 Å². The van der Waals surface area contributed by atoms with Gasteiger partial charge in [-0.05, 0) is 48.7 Å². The van der Waals surface area contributed by atoms with E-state index in [0.29, 0.717) is 45.9 Å². The molecule has 0 saturated carbocycles. The van der Waals surface area contributed by atoms with Crippen LogP contribution in [0.5, 0.6) is 11.5 Å². The molecule has 0 aromatic heterocycles. The first-order valence-corrected chi connectivity index (χ1v) is 10.7. The largest absolute Gasteiger partial charge is 0.490 e. The lowest BCUT2D eigenvalue weighted by Gasteiger charge is -2.14. The molecule has 0 aliphatic carbocycles. The number of aryl methyl sites for hydroxylation is 1. The first kappa shape index (κ1) is 23.0. The third-order valence-corrected chi connectivity index (χ3v) is 5.31. The van der Waals surface area contributed by atoms with Crippen LogP contribution in [0.25, 0.3) is 11.6 Å². The van der Waals surface area contributed by atoms with E-state index in [1.54, 1.807) is 30.3 Å². The van der Waals surface area contributed by atoms with Crippen LogP contribution in [0.3, 0.4) is 0 Å². The van der Waals surface area contributed by atoms with Gasteiger partial charge in [0.2, 0.25) is 0 Å². The molecule has 0 heterocycles. The standard InChI is InChI=1S/C25H21BrN2O4/c1-3-31-24-13-20(11-21(15-27)19-8-5-9-22(12-19)28(29)30)23(26)14-25(24)32-16-18-7-4-6-17(2)10-18/h4-14H,3,16H2,1-2H3/b21-11-. The first-order chi connectivity index (χ1) is 15.4. The van der Waals surface area contributed by atoms with E-state index in [0.717, 1.165) is 11.1 Å². The molecule has 0 aliphatic heterocycles. The van der Waals surface area contributed by atoms with Crippen molar-refractivity contribution in [2.75, 3.05) is 6.61 Å². The Morgan fingerprint density at radius 3 is 2.56 bits per heavy atom. The number of ether oxygens (including phenoxy) is 2. The van der Waals surface area contributed by atoms with E-state index in [-0.39, 0.29) is 5.69 Å². The molecule has 0 saturated heterocycles. The molecule has 0 spiro atoms. The second-order valence-electron chi connectivity index (χ2n) is 7.01. The topological polar surface area (TPSA) is 85.4 Å². The predicted molar refractivity (Wildman–Crippen MR) is 127 cm³/mol. The molecule has 0 unspecified atom stereocenters. The molecule has 0 atom stereocenters. The van der Waals surface area contributed by atoms with Crippen molar-refractivity contribution in [1.82, 2.24) is 0 Å². The van der Waals surface area contributed by atoms with Crippen LogP contribution in [0.15, 0.2) is 65.1 Å². The van der Waals surface area contributed by atoms with Gasteiger partial charge >= 0.3 is 0 Å². The maximum Gasteiger partial charge on any atom is 0.270 e. The van der Waals surface area contributed by atoms with Gasteiger partial charge in [0.05, 0.1) is 23.2 Å². The molecule has 7 heteroatoms. The summed E-state index contributed by atoms with van der Waals surface area (Å²) in [4.78, 5) is 10.6. The average Bonchev–Trinajstić information content (AvgIpc) is 2.78. The van der Waals surface area contributed by atoms with Crippen molar-refractivity contribution >= 4 is 33.3 Å². The average molecular weight is 493 g/mol. The molecule has 0 radical (unpaired) electrons. The van der Waals surface area contributed by atoms with Gasteiger partial charge in [0.25, 0.3) is 5.69 Å². The Morgan fingerprint density at radius 2 is 1.88 bits per heavy atom. The highest BCUT2D eigenvalue weighted by Crippen LogP contribution is 2.36. The number of hydrogen-bond acceptors (Lipinski definition) is 5. The second kappa shape index (κ2) is 10.6. The van der Waals surface area contributed by atoms with Crippen LogP contribution in [0.2, 0.25) is 0 Å². The van der Waals surface area contributed by atoms with E-state index in [1.165, 1.54) is 12.1 Å². The van der Waals surface area contributed by atoms with Gasteiger partial charge in [-0.25, -0.2) is 0 Å². The van der Waals surface area contributed by atoms with Crippen LogP contribution >= 0.6 is 15.9 Å². The van der Waals surface area contributed by atoms with Gasteiger partial charge in [0, 0.05) is 16.6 Å². The molecule has 0 aliphatic rings. The van der Waals surface area contributed by atoms with E-state index >= 15 is 0 Å². The van der Waals surface area contributed by atoms with Crippen LogP contribution < -0.4 is 9.47 Å². The zero-order valence-corrected chi connectivity index (χ0v) is 19.3. The summed E-state index contributed by atoms with van der Waals surface area (Å²) in [7, 11) is 0. The normalized spacial score (nSPS) is 11.0. The zero-order valence-electron chi connectivity index (χ0n) is 17.7. The SMILES string of the molecule is CCOc1cc(/C=C(/C#N)c2cccc([N+](=O)[O-])c2)c(Br)cc1OCc1cccc(C)c1. The number of nitro groups is 1. The van der Waals surface area contributed by atoms with Crippen molar-refractivity contribution in [3.63, 3.8) is 0 Å². The van der Waals surface area contributed by atoms with Crippen molar-refractivity contribution in [3.05, 3.63) is 97.5 Å². The number of rotatable bonds is 8. The molecular weight excluding hydrogens is 472 g/mol. The molecule has 32 heavy (non-hydrogen) atoms. The summed E-state index contributed by atoms with van der Waals surface area (Å²) < 4.78 is 12.5. The molecule has 0 N–H and O–H groups in total. The Bertz CT molecular complexity index is 1210. The van der Waals surface area contributed by atoms with Gasteiger partial charge in [-0.15, -0.1) is 0 Å². The molecule has 0 fully saturated rings. The minimum Gasteiger partial charge on any atom is -0.490 e. The fourth-order valence-corrected chi connectivity index (χ4v) is 3.57. The number of allylic oxidation sites excluding steroid dienone is 1. The minimum absolute atomic E-state index is 0.0717. The Morgan fingerprint density at radius 1 is 1.12 bits per heavy atom. The first-order valence-electron chi connectivity index (χ1n) is 9.92. The number of nitrogens with zero attached hydrogens (tertiary/aromatic N) is 2. The lowest BCUT2D eigenvalue weighted by atomic mass is 10.0. The molecule has 0 bridgehead atoms.